The third-order valence-electron chi connectivity index (χ3n) is 3.32. The first-order valence-electron chi connectivity index (χ1n) is 7.45. The largest absolute Gasteiger partial charge is 0.323 e. The molecule has 2 rings (SSSR count). The van der Waals surface area contributed by atoms with Gasteiger partial charge >= 0.3 is 6.03 Å². The van der Waals surface area contributed by atoms with Crippen LogP contribution in [0.25, 0.3) is 6.08 Å². The van der Waals surface area contributed by atoms with Crippen LogP contribution in [0.15, 0.2) is 54.7 Å². The van der Waals surface area contributed by atoms with Gasteiger partial charge in [0.2, 0.25) is 0 Å². The van der Waals surface area contributed by atoms with E-state index in [1.165, 1.54) is 0 Å². The van der Waals surface area contributed by atoms with Crippen molar-refractivity contribution in [3.8, 4) is 0 Å². The molecule has 0 radical (unpaired) electrons. The Morgan fingerprint density at radius 3 is 2.52 bits per heavy atom. The van der Waals surface area contributed by atoms with Crippen LogP contribution in [0, 0.1) is 0 Å². The quantitative estimate of drug-likeness (QED) is 0.775. The number of hydrogen-bond donors (Lipinski definition) is 2. The molecule has 0 heterocycles. The number of amides is 2. The molecule has 2 aromatic rings. The number of halogens is 1. The molecule has 120 valence electrons. The lowest BCUT2D eigenvalue weighted by Crippen LogP contribution is -2.26. The standard InChI is InChI=1S/C19H21ClN2O/c1-19(2,3)16-9-4-5-10-17(16)22-18(23)21-12-11-14-7-6-8-15(20)13-14/h4-13H,1-3H3,(H2,21,22,23)/b12-11+. The summed E-state index contributed by atoms with van der Waals surface area (Å²) in [4.78, 5) is 12.0. The second-order valence-corrected chi connectivity index (χ2v) is 6.72. The van der Waals surface area contributed by atoms with Crippen LogP contribution in [0.5, 0.6) is 0 Å². The highest BCUT2D eigenvalue weighted by Gasteiger charge is 2.18. The fraction of sp³-hybridized carbons (Fsp3) is 0.211. The van der Waals surface area contributed by atoms with E-state index in [0.29, 0.717) is 5.02 Å². The van der Waals surface area contributed by atoms with Crippen LogP contribution in [-0.2, 0) is 5.41 Å². The molecule has 0 aliphatic carbocycles. The van der Waals surface area contributed by atoms with Crippen molar-refractivity contribution in [3.63, 3.8) is 0 Å². The van der Waals surface area contributed by atoms with Gasteiger partial charge in [-0.3, -0.25) is 0 Å². The molecule has 0 aromatic heterocycles. The van der Waals surface area contributed by atoms with Crippen LogP contribution in [0.4, 0.5) is 10.5 Å². The second kappa shape index (κ2) is 7.34. The van der Waals surface area contributed by atoms with Crippen LogP contribution >= 0.6 is 11.6 Å². The maximum absolute atomic E-state index is 12.0. The number of nitrogens with one attached hydrogen (secondary N) is 2. The predicted molar refractivity (Wildman–Crippen MR) is 97.8 cm³/mol. The summed E-state index contributed by atoms with van der Waals surface area (Å²) in [5, 5.41) is 6.25. The van der Waals surface area contributed by atoms with Crippen molar-refractivity contribution in [2.24, 2.45) is 0 Å². The Kier molecular flexibility index (Phi) is 5.45. The summed E-state index contributed by atoms with van der Waals surface area (Å²) in [5.41, 5.74) is 2.79. The zero-order chi connectivity index (χ0) is 16.9. The lowest BCUT2D eigenvalue weighted by Gasteiger charge is -2.22. The number of para-hydroxylation sites is 1. The number of anilines is 1. The third kappa shape index (κ3) is 5.15. The van der Waals surface area contributed by atoms with Gasteiger partial charge in [-0.25, -0.2) is 4.79 Å². The second-order valence-electron chi connectivity index (χ2n) is 6.28. The summed E-state index contributed by atoms with van der Waals surface area (Å²) in [6, 6.07) is 14.9. The first-order chi connectivity index (χ1) is 10.9. The topological polar surface area (TPSA) is 41.1 Å². The van der Waals surface area contributed by atoms with Crippen molar-refractivity contribution in [1.82, 2.24) is 5.32 Å². The van der Waals surface area contributed by atoms with Gasteiger partial charge in [0.25, 0.3) is 0 Å². The minimum Gasteiger partial charge on any atom is -0.314 e. The van der Waals surface area contributed by atoms with Gasteiger partial charge in [-0.15, -0.1) is 0 Å². The van der Waals surface area contributed by atoms with E-state index in [4.69, 9.17) is 11.6 Å². The van der Waals surface area contributed by atoms with Gasteiger partial charge in [0.05, 0.1) is 0 Å². The van der Waals surface area contributed by atoms with Crippen LogP contribution < -0.4 is 10.6 Å². The number of hydrogen-bond acceptors (Lipinski definition) is 1. The molecule has 0 saturated heterocycles. The molecule has 0 aliphatic rings. The van der Waals surface area contributed by atoms with Crippen molar-refractivity contribution in [3.05, 3.63) is 70.9 Å². The summed E-state index contributed by atoms with van der Waals surface area (Å²) in [6.07, 6.45) is 3.39. The molecule has 2 aromatic carbocycles. The molecular weight excluding hydrogens is 308 g/mol. The highest BCUT2D eigenvalue weighted by Crippen LogP contribution is 2.29. The van der Waals surface area contributed by atoms with Crippen LogP contribution in [-0.4, -0.2) is 6.03 Å². The Morgan fingerprint density at radius 2 is 1.83 bits per heavy atom. The first kappa shape index (κ1) is 17.1. The molecule has 0 aliphatic heterocycles. The van der Waals surface area contributed by atoms with Crippen molar-refractivity contribution in [2.75, 3.05) is 5.32 Å². The van der Waals surface area contributed by atoms with E-state index in [-0.39, 0.29) is 11.4 Å². The molecule has 0 bridgehead atoms. The van der Waals surface area contributed by atoms with Gasteiger partial charge in [-0.05, 0) is 40.8 Å². The lowest BCUT2D eigenvalue weighted by molar-refractivity contribution is 0.255. The average molecular weight is 329 g/mol. The first-order valence-corrected chi connectivity index (χ1v) is 7.83. The Labute approximate surface area is 142 Å². The summed E-state index contributed by atoms with van der Waals surface area (Å²) in [7, 11) is 0. The summed E-state index contributed by atoms with van der Waals surface area (Å²) in [5.74, 6) is 0. The van der Waals surface area contributed by atoms with E-state index >= 15 is 0 Å². The lowest BCUT2D eigenvalue weighted by atomic mass is 9.86. The van der Waals surface area contributed by atoms with Crippen LogP contribution in [0.2, 0.25) is 5.02 Å². The average Bonchev–Trinajstić information content (AvgIpc) is 2.47. The fourth-order valence-corrected chi connectivity index (χ4v) is 2.43. The Bertz CT molecular complexity index is 717. The highest BCUT2D eigenvalue weighted by molar-refractivity contribution is 6.30. The fourth-order valence-electron chi connectivity index (χ4n) is 2.23. The van der Waals surface area contributed by atoms with E-state index in [1.807, 2.05) is 48.5 Å². The third-order valence-corrected chi connectivity index (χ3v) is 3.56. The molecule has 3 nitrogen and oxygen atoms in total. The van der Waals surface area contributed by atoms with Gasteiger partial charge in [0.15, 0.2) is 0 Å². The highest BCUT2D eigenvalue weighted by atomic mass is 35.5. The zero-order valence-corrected chi connectivity index (χ0v) is 14.3. The summed E-state index contributed by atoms with van der Waals surface area (Å²) in [6.45, 7) is 6.35. The molecule has 0 unspecified atom stereocenters. The maximum Gasteiger partial charge on any atom is 0.323 e. The normalized spacial score (nSPS) is 11.5. The molecule has 0 fully saturated rings. The number of urea groups is 1. The van der Waals surface area contributed by atoms with Gasteiger partial charge in [-0.1, -0.05) is 62.7 Å². The molecule has 2 amide bonds. The van der Waals surface area contributed by atoms with Gasteiger partial charge in [-0.2, -0.15) is 0 Å². The van der Waals surface area contributed by atoms with E-state index < -0.39 is 0 Å². The molecule has 4 heteroatoms. The summed E-state index contributed by atoms with van der Waals surface area (Å²) >= 11 is 5.92. The number of rotatable bonds is 3. The van der Waals surface area contributed by atoms with E-state index in [2.05, 4.69) is 31.4 Å². The summed E-state index contributed by atoms with van der Waals surface area (Å²) < 4.78 is 0. The van der Waals surface area contributed by atoms with Gasteiger partial charge in [0, 0.05) is 16.9 Å². The van der Waals surface area contributed by atoms with Crippen molar-refractivity contribution in [2.45, 2.75) is 26.2 Å². The van der Waals surface area contributed by atoms with Crippen LogP contribution in [0.3, 0.4) is 0 Å². The van der Waals surface area contributed by atoms with Gasteiger partial charge < -0.3 is 10.6 Å². The molecule has 2 N–H and O–H groups in total. The van der Waals surface area contributed by atoms with E-state index in [0.717, 1.165) is 16.8 Å². The van der Waals surface area contributed by atoms with Crippen LogP contribution in [0.1, 0.15) is 31.9 Å². The number of carbonyl (C=O) groups is 1. The van der Waals surface area contributed by atoms with E-state index in [9.17, 15) is 4.79 Å². The molecular formula is C19H21ClN2O. The molecule has 0 spiro atoms. The van der Waals surface area contributed by atoms with Gasteiger partial charge in [0.1, 0.15) is 0 Å². The molecule has 0 atom stereocenters. The number of carbonyl (C=O) groups excluding carboxylic acids is 1. The minimum atomic E-state index is -0.278. The molecule has 0 saturated carbocycles. The van der Waals surface area contributed by atoms with Crippen molar-refractivity contribution < 1.29 is 4.79 Å². The molecule has 23 heavy (non-hydrogen) atoms. The monoisotopic (exact) mass is 328 g/mol. The van der Waals surface area contributed by atoms with Crippen molar-refractivity contribution >= 4 is 29.4 Å². The number of benzene rings is 2. The van der Waals surface area contributed by atoms with E-state index in [1.54, 1.807) is 12.3 Å². The Balaban J connectivity index is 2.01. The Morgan fingerprint density at radius 1 is 1.09 bits per heavy atom. The predicted octanol–water partition coefficient (Wildman–Crippen LogP) is 5.43. The zero-order valence-electron chi connectivity index (χ0n) is 13.6. The Hall–Kier alpha value is -2.26. The van der Waals surface area contributed by atoms with Crippen molar-refractivity contribution in [1.29, 1.82) is 0 Å². The SMILES string of the molecule is CC(C)(C)c1ccccc1NC(=O)N/C=C/c1cccc(Cl)c1. The minimum absolute atomic E-state index is 0.0412. The maximum atomic E-state index is 12.0. The smallest absolute Gasteiger partial charge is 0.314 e.